The molecule has 8 heteroatoms. The first kappa shape index (κ1) is 22.0. The molecule has 3 fully saturated rings. The maximum absolute atomic E-state index is 13.1. The normalized spacial score (nSPS) is 35.4. The molecule has 7 nitrogen and oxygen atoms in total. The molecule has 3 aliphatic rings. The van der Waals surface area contributed by atoms with E-state index in [0.29, 0.717) is 38.4 Å². The summed E-state index contributed by atoms with van der Waals surface area (Å²) < 4.78 is 0. The summed E-state index contributed by atoms with van der Waals surface area (Å²) in [6, 6.07) is -0.436. The van der Waals surface area contributed by atoms with Crippen LogP contribution < -0.4 is 11.1 Å². The number of nitrogens with two attached hydrogens (primary N) is 1. The fourth-order valence-electron chi connectivity index (χ4n) is 5.29. The quantitative estimate of drug-likeness (QED) is 0.705. The van der Waals surface area contributed by atoms with Crippen molar-refractivity contribution in [3.63, 3.8) is 0 Å². The number of rotatable bonds is 3. The van der Waals surface area contributed by atoms with E-state index in [-0.39, 0.29) is 41.6 Å². The van der Waals surface area contributed by atoms with Crippen LogP contribution in [0.4, 0.5) is 4.79 Å². The molecular formula is C19H33ClN4O3. The SMILES string of the molecule is CC1CC(C)(C)CC2(C1)NC(=O)N(CC(=O)N1CCC(C)(CN)C1)C2=O.Cl. The fraction of sp³-hybridized carbons (Fsp3) is 0.842. The van der Waals surface area contributed by atoms with Crippen LogP contribution in [0.25, 0.3) is 0 Å². The summed E-state index contributed by atoms with van der Waals surface area (Å²) >= 11 is 0. The van der Waals surface area contributed by atoms with E-state index in [1.54, 1.807) is 4.90 Å². The van der Waals surface area contributed by atoms with E-state index in [0.717, 1.165) is 17.7 Å². The first-order chi connectivity index (χ1) is 12.0. The van der Waals surface area contributed by atoms with Gasteiger partial charge in [0.15, 0.2) is 0 Å². The number of hydrogen-bond donors (Lipinski definition) is 2. The lowest BCUT2D eigenvalue weighted by Gasteiger charge is -2.43. The molecule has 3 unspecified atom stereocenters. The molecule has 2 saturated heterocycles. The van der Waals surface area contributed by atoms with E-state index in [2.05, 4.69) is 33.0 Å². The molecule has 4 amide bonds. The zero-order chi connectivity index (χ0) is 19.3. The van der Waals surface area contributed by atoms with Crippen LogP contribution in [0.5, 0.6) is 0 Å². The maximum atomic E-state index is 13.1. The number of carbonyl (C=O) groups is 3. The number of imide groups is 1. The zero-order valence-electron chi connectivity index (χ0n) is 16.8. The number of halogens is 1. The topological polar surface area (TPSA) is 95.7 Å². The van der Waals surface area contributed by atoms with Gasteiger partial charge in [0.05, 0.1) is 0 Å². The third-order valence-corrected chi connectivity index (χ3v) is 6.32. The molecule has 0 bridgehead atoms. The molecule has 3 N–H and O–H groups in total. The Labute approximate surface area is 167 Å². The number of amides is 4. The number of urea groups is 1. The van der Waals surface area contributed by atoms with Gasteiger partial charge < -0.3 is 16.0 Å². The molecule has 3 atom stereocenters. The Morgan fingerprint density at radius 3 is 2.48 bits per heavy atom. The van der Waals surface area contributed by atoms with Crippen molar-refractivity contribution in [2.24, 2.45) is 22.5 Å². The van der Waals surface area contributed by atoms with E-state index in [4.69, 9.17) is 5.73 Å². The van der Waals surface area contributed by atoms with Crippen molar-refractivity contribution in [1.29, 1.82) is 0 Å². The van der Waals surface area contributed by atoms with Crippen molar-refractivity contribution in [3.05, 3.63) is 0 Å². The Hall–Kier alpha value is -1.34. The third-order valence-electron chi connectivity index (χ3n) is 6.32. The van der Waals surface area contributed by atoms with Gasteiger partial charge >= 0.3 is 6.03 Å². The lowest BCUT2D eigenvalue weighted by Crippen LogP contribution is -2.54. The van der Waals surface area contributed by atoms with Crippen LogP contribution in [0.2, 0.25) is 0 Å². The second kappa shape index (κ2) is 7.24. The van der Waals surface area contributed by atoms with E-state index in [1.807, 2.05) is 0 Å². The Balaban J connectivity index is 0.00000261. The summed E-state index contributed by atoms with van der Waals surface area (Å²) in [5, 5.41) is 2.93. The van der Waals surface area contributed by atoms with E-state index < -0.39 is 11.6 Å². The highest BCUT2D eigenvalue weighted by Crippen LogP contribution is 2.46. The van der Waals surface area contributed by atoms with Gasteiger partial charge in [-0.1, -0.05) is 27.7 Å². The van der Waals surface area contributed by atoms with Crippen LogP contribution in [-0.2, 0) is 9.59 Å². The number of carbonyl (C=O) groups excluding carboxylic acids is 3. The first-order valence-electron chi connectivity index (χ1n) is 9.61. The molecule has 27 heavy (non-hydrogen) atoms. The van der Waals surface area contributed by atoms with E-state index in [1.165, 1.54) is 0 Å². The van der Waals surface area contributed by atoms with E-state index >= 15 is 0 Å². The second-order valence-electron chi connectivity index (χ2n) is 9.84. The number of likely N-dealkylation sites (tertiary alicyclic amines) is 1. The van der Waals surface area contributed by atoms with Gasteiger partial charge in [-0.05, 0) is 49.0 Å². The minimum Gasteiger partial charge on any atom is -0.341 e. The average molecular weight is 401 g/mol. The Bertz CT molecular complexity index is 640. The Morgan fingerprint density at radius 2 is 1.93 bits per heavy atom. The summed E-state index contributed by atoms with van der Waals surface area (Å²) in [6.07, 6.45) is 3.14. The standard InChI is InChI=1S/C19H32N4O3.ClH/c1-13-7-17(2,3)10-19(8-13)15(25)23(16(26)21-19)9-14(24)22-6-5-18(4,11-20)12-22;/h13H,5-12,20H2,1-4H3,(H,21,26);1H. The summed E-state index contributed by atoms with van der Waals surface area (Å²) in [5.41, 5.74) is 4.86. The minimum atomic E-state index is -0.852. The lowest BCUT2D eigenvalue weighted by molar-refractivity contribution is -0.140. The molecule has 0 aromatic heterocycles. The number of nitrogens with one attached hydrogen (secondary N) is 1. The van der Waals surface area contributed by atoms with Gasteiger partial charge in [-0.3, -0.25) is 14.5 Å². The monoisotopic (exact) mass is 400 g/mol. The van der Waals surface area contributed by atoms with Gasteiger partial charge in [0.2, 0.25) is 5.91 Å². The molecule has 2 aliphatic heterocycles. The van der Waals surface area contributed by atoms with Crippen LogP contribution in [0, 0.1) is 16.7 Å². The van der Waals surface area contributed by atoms with Gasteiger partial charge in [0.25, 0.3) is 5.91 Å². The fourth-order valence-corrected chi connectivity index (χ4v) is 5.29. The Morgan fingerprint density at radius 1 is 1.26 bits per heavy atom. The van der Waals surface area contributed by atoms with Crippen LogP contribution in [0.3, 0.4) is 0 Å². The van der Waals surface area contributed by atoms with Gasteiger partial charge in [0.1, 0.15) is 12.1 Å². The summed E-state index contributed by atoms with van der Waals surface area (Å²) in [7, 11) is 0. The molecule has 3 rings (SSSR count). The molecule has 154 valence electrons. The van der Waals surface area contributed by atoms with Crippen molar-refractivity contribution in [2.75, 3.05) is 26.2 Å². The number of hydrogen-bond acceptors (Lipinski definition) is 4. The Kier molecular flexibility index (Phi) is 5.89. The molecule has 0 aromatic carbocycles. The molecule has 1 saturated carbocycles. The van der Waals surface area contributed by atoms with Gasteiger partial charge in [-0.25, -0.2) is 4.79 Å². The number of nitrogens with zero attached hydrogens (tertiary/aromatic N) is 2. The summed E-state index contributed by atoms with van der Waals surface area (Å²) in [6.45, 7) is 10.0. The van der Waals surface area contributed by atoms with Crippen molar-refractivity contribution >= 4 is 30.3 Å². The maximum Gasteiger partial charge on any atom is 0.325 e. The van der Waals surface area contributed by atoms with Crippen molar-refractivity contribution in [1.82, 2.24) is 15.1 Å². The van der Waals surface area contributed by atoms with Crippen LogP contribution in [-0.4, -0.2) is 59.4 Å². The van der Waals surface area contributed by atoms with Crippen molar-refractivity contribution < 1.29 is 14.4 Å². The molecule has 1 aliphatic carbocycles. The van der Waals surface area contributed by atoms with Gasteiger partial charge in [0, 0.05) is 13.1 Å². The summed E-state index contributed by atoms with van der Waals surface area (Å²) in [5.74, 6) is -0.0652. The summed E-state index contributed by atoms with van der Waals surface area (Å²) in [4.78, 5) is 41.1. The van der Waals surface area contributed by atoms with Crippen molar-refractivity contribution in [2.45, 2.75) is 58.9 Å². The van der Waals surface area contributed by atoms with Gasteiger partial charge in [-0.2, -0.15) is 0 Å². The molecule has 2 heterocycles. The first-order valence-corrected chi connectivity index (χ1v) is 9.61. The highest BCUT2D eigenvalue weighted by Gasteiger charge is 2.56. The zero-order valence-corrected chi connectivity index (χ0v) is 17.7. The lowest BCUT2D eigenvalue weighted by atomic mass is 9.64. The predicted molar refractivity (Wildman–Crippen MR) is 105 cm³/mol. The smallest absolute Gasteiger partial charge is 0.325 e. The molecule has 1 spiro atoms. The van der Waals surface area contributed by atoms with Crippen molar-refractivity contribution in [3.8, 4) is 0 Å². The van der Waals surface area contributed by atoms with Crippen LogP contribution >= 0.6 is 12.4 Å². The van der Waals surface area contributed by atoms with Crippen LogP contribution in [0.1, 0.15) is 53.4 Å². The second-order valence-corrected chi connectivity index (χ2v) is 9.84. The largest absolute Gasteiger partial charge is 0.341 e. The highest BCUT2D eigenvalue weighted by atomic mass is 35.5. The van der Waals surface area contributed by atoms with E-state index in [9.17, 15) is 14.4 Å². The predicted octanol–water partition coefficient (Wildman–Crippen LogP) is 1.74. The molecule has 0 aromatic rings. The van der Waals surface area contributed by atoms with Gasteiger partial charge in [-0.15, -0.1) is 12.4 Å². The highest BCUT2D eigenvalue weighted by molar-refractivity contribution is 6.09. The third kappa shape index (κ3) is 4.09. The average Bonchev–Trinajstić information content (AvgIpc) is 3.00. The molecular weight excluding hydrogens is 368 g/mol. The molecule has 0 radical (unpaired) electrons. The van der Waals surface area contributed by atoms with Crippen LogP contribution in [0.15, 0.2) is 0 Å². The minimum absolute atomic E-state index is 0.